The lowest BCUT2D eigenvalue weighted by Crippen LogP contribution is -2.44. The summed E-state index contributed by atoms with van der Waals surface area (Å²) < 4.78 is 7.21. The van der Waals surface area contributed by atoms with Crippen LogP contribution in [-0.4, -0.2) is 39.8 Å². The van der Waals surface area contributed by atoms with Gasteiger partial charge in [0.1, 0.15) is 11.6 Å². The Morgan fingerprint density at radius 1 is 1.26 bits per heavy atom. The van der Waals surface area contributed by atoms with E-state index in [4.69, 9.17) is 4.42 Å². The number of aromatic nitrogens is 3. The number of para-hydroxylation sites is 2. The zero-order chi connectivity index (χ0) is 18.6. The Hall–Kier alpha value is -3.16. The highest BCUT2D eigenvalue weighted by atomic mass is 16.4. The Balaban J connectivity index is 1.35. The average Bonchev–Trinajstić information content (AvgIpc) is 3.32. The molecular weight excluding hydrogens is 346 g/mol. The number of carbonyl (C=O) groups excluding carboxylic acids is 1. The van der Waals surface area contributed by atoms with Crippen LogP contribution in [0, 0.1) is 0 Å². The number of hydrogen-bond donors (Lipinski definition) is 1. The lowest BCUT2D eigenvalue weighted by atomic mass is 10.2. The van der Waals surface area contributed by atoms with Crippen LogP contribution in [0.4, 0.5) is 6.01 Å². The molecule has 8 nitrogen and oxygen atoms in total. The van der Waals surface area contributed by atoms with E-state index in [0.29, 0.717) is 25.5 Å². The summed E-state index contributed by atoms with van der Waals surface area (Å²) in [5.74, 6) is -0.0388. The Morgan fingerprint density at radius 2 is 2.15 bits per heavy atom. The molecule has 3 heterocycles. The summed E-state index contributed by atoms with van der Waals surface area (Å²) in [6.45, 7) is 1.70. The second kappa shape index (κ2) is 7.61. The number of nitrogens with one attached hydrogen (secondary N) is 1. The highest BCUT2D eigenvalue weighted by Gasteiger charge is 2.33. The smallest absolute Gasteiger partial charge is 0.299 e. The number of fused-ring (bicyclic) bond motifs is 1. The molecule has 0 aliphatic carbocycles. The molecule has 1 amide bonds. The summed E-state index contributed by atoms with van der Waals surface area (Å²) >= 11 is 0. The third-order valence-electron chi connectivity index (χ3n) is 4.71. The fraction of sp³-hybridized carbons (Fsp3) is 0.368. The number of amides is 1. The molecule has 0 bridgehead atoms. The van der Waals surface area contributed by atoms with Gasteiger partial charge in [-0.3, -0.25) is 9.59 Å². The Labute approximate surface area is 155 Å². The number of carbonyl (C=O) groups is 1. The van der Waals surface area contributed by atoms with Crippen LogP contribution in [0.1, 0.15) is 19.3 Å². The van der Waals surface area contributed by atoms with Crippen molar-refractivity contribution in [3.63, 3.8) is 0 Å². The van der Waals surface area contributed by atoms with E-state index in [9.17, 15) is 9.59 Å². The lowest BCUT2D eigenvalue weighted by molar-refractivity contribution is -0.122. The first-order valence-corrected chi connectivity index (χ1v) is 9.14. The normalized spacial score (nSPS) is 16.7. The minimum absolute atomic E-state index is 0.0388. The molecule has 0 saturated carbocycles. The van der Waals surface area contributed by atoms with Gasteiger partial charge in [-0.1, -0.05) is 12.1 Å². The fourth-order valence-corrected chi connectivity index (χ4v) is 3.36. The Bertz CT molecular complexity index is 963. The minimum Gasteiger partial charge on any atom is -0.423 e. The molecule has 1 N–H and O–H groups in total. The van der Waals surface area contributed by atoms with Crippen molar-refractivity contribution < 1.29 is 9.21 Å². The maximum Gasteiger partial charge on any atom is 0.299 e. The van der Waals surface area contributed by atoms with Crippen LogP contribution < -0.4 is 15.8 Å². The number of aryl methyl sites for hydroxylation is 1. The first-order valence-electron chi connectivity index (χ1n) is 9.14. The van der Waals surface area contributed by atoms with Gasteiger partial charge in [-0.15, -0.1) is 0 Å². The van der Waals surface area contributed by atoms with Crippen molar-refractivity contribution in [1.82, 2.24) is 20.1 Å². The number of benzene rings is 1. The molecule has 1 aliphatic rings. The van der Waals surface area contributed by atoms with E-state index >= 15 is 0 Å². The van der Waals surface area contributed by atoms with Crippen molar-refractivity contribution in [3.8, 4) is 0 Å². The van der Waals surface area contributed by atoms with Crippen molar-refractivity contribution in [2.45, 2.75) is 31.8 Å². The first kappa shape index (κ1) is 17.3. The van der Waals surface area contributed by atoms with Gasteiger partial charge in [-0.25, -0.2) is 4.68 Å². The SMILES string of the molecule is O=C(NCCCn1ncccc1=O)C1CCCN1c1nc2ccccc2o1. The quantitative estimate of drug-likeness (QED) is 0.665. The molecule has 3 aromatic rings. The summed E-state index contributed by atoms with van der Waals surface area (Å²) in [4.78, 5) is 30.7. The molecule has 1 aromatic carbocycles. The molecule has 27 heavy (non-hydrogen) atoms. The van der Waals surface area contributed by atoms with Crippen molar-refractivity contribution >= 4 is 23.0 Å². The highest BCUT2D eigenvalue weighted by molar-refractivity contribution is 5.85. The summed E-state index contributed by atoms with van der Waals surface area (Å²) in [5, 5.41) is 6.96. The molecule has 2 aromatic heterocycles. The van der Waals surface area contributed by atoms with Crippen LogP contribution in [-0.2, 0) is 11.3 Å². The summed E-state index contributed by atoms with van der Waals surface area (Å²) in [5.41, 5.74) is 1.38. The average molecular weight is 367 g/mol. The molecule has 1 unspecified atom stereocenters. The second-order valence-corrected chi connectivity index (χ2v) is 6.55. The number of rotatable bonds is 6. The molecular formula is C19H21N5O3. The van der Waals surface area contributed by atoms with Crippen LogP contribution in [0.3, 0.4) is 0 Å². The molecule has 0 spiro atoms. The molecule has 1 atom stereocenters. The number of nitrogens with zero attached hydrogens (tertiary/aromatic N) is 4. The van der Waals surface area contributed by atoms with Gasteiger partial charge in [0.05, 0.1) is 0 Å². The zero-order valence-corrected chi connectivity index (χ0v) is 14.9. The number of oxazole rings is 1. The summed E-state index contributed by atoms with van der Waals surface area (Å²) in [7, 11) is 0. The minimum atomic E-state index is -0.282. The van der Waals surface area contributed by atoms with Gasteiger partial charge in [0, 0.05) is 31.9 Å². The van der Waals surface area contributed by atoms with Crippen LogP contribution in [0.25, 0.3) is 11.1 Å². The van der Waals surface area contributed by atoms with E-state index in [-0.39, 0.29) is 17.5 Å². The maximum atomic E-state index is 12.6. The highest BCUT2D eigenvalue weighted by Crippen LogP contribution is 2.28. The summed E-state index contributed by atoms with van der Waals surface area (Å²) in [6.07, 6.45) is 3.90. The lowest BCUT2D eigenvalue weighted by Gasteiger charge is -2.21. The molecule has 0 radical (unpaired) electrons. The predicted molar refractivity (Wildman–Crippen MR) is 101 cm³/mol. The van der Waals surface area contributed by atoms with Crippen LogP contribution in [0.2, 0.25) is 0 Å². The predicted octanol–water partition coefficient (Wildman–Crippen LogP) is 1.56. The van der Waals surface area contributed by atoms with E-state index < -0.39 is 0 Å². The number of anilines is 1. The molecule has 4 rings (SSSR count). The van der Waals surface area contributed by atoms with Gasteiger partial charge >= 0.3 is 0 Å². The molecule has 140 valence electrons. The maximum absolute atomic E-state index is 12.6. The van der Waals surface area contributed by atoms with Gasteiger partial charge in [0.25, 0.3) is 11.6 Å². The zero-order valence-electron chi connectivity index (χ0n) is 14.9. The summed E-state index contributed by atoms with van der Waals surface area (Å²) in [6, 6.07) is 10.9. The third kappa shape index (κ3) is 3.69. The van der Waals surface area contributed by atoms with Crippen molar-refractivity contribution in [3.05, 3.63) is 52.9 Å². The number of hydrogen-bond acceptors (Lipinski definition) is 6. The topological polar surface area (TPSA) is 93.3 Å². The largest absolute Gasteiger partial charge is 0.423 e. The monoisotopic (exact) mass is 367 g/mol. The molecule has 1 saturated heterocycles. The molecule has 1 aliphatic heterocycles. The van der Waals surface area contributed by atoms with E-state index in [2.05, 4.69) is 15.4 Å². The third-order valence-corrected chi connectivity index (χ3v) is 4.71. The van der Waals surface area contributed by atoms with E-state index in [1.165, 1.54) is 10.7 Å². The van der Waals surface area contributed by atoms with Crippen molar-refractivity contribution in [1.29, 1.82) is 0 Å². The van der Waals surface area contributed by atoms with E-state index in [0.717, 1.165) is 30.5 Å². The van der Waals surface area contributed by atoms with Gasteiger partial charge in [-0.2, -0.15) is 10.1 Å². The fourth-order valence-electron chi connectivity index (χ4n) is 3.36. The van der Waals surface area contributed by atoms with Gasteiger partial charge in [-0.05, 0) is 37.5 Å². The van der Waals surface area contributed by atoms with Crippen molar-refractivity contribution in [2.75, 3.05) is 18.0 Å². The first-order chi connectivity index (χ1) is 13.2. The van der Waals surface area contributed by atoms with Crippen LogP contribution >= 0.6 is 0 Å². The van der Waals surface area contributed by atoms with E-state index in [1.54, 1.807) is 12.3 Å². The van der Waals surface area contributed by atoms with E-state index in [1.807, 2.05) is 29.2 Å². The Morgan fingerprint density at radius 3 is 3.00 bits per heavy atom. The standard InChI is InChI=1S/C19H21N5O3/c25-17-9-3-11-21-24(17)13-5-10-20-18(26)15-7-4-12-23(15)19-22-14-6-1-2-8-16(14)27-19/h1-3,6,8-9,11,15H,4-5,7,10,12-13H2,(H,20,26). The van der Waals surface area contributed by atoms with Crippen LogP contribution in [0.5, 0.6) is 0 Å². The second-order valence-electron chi connectivity index (χ2n) is 6.55. The van der Waals surface area contributed by atoms with Gasteiger partial charge in [0.2, 0.25) is 5.91 Å². The van der Waals surface area contributed by atoms with Gasteiger partial charge in [0.15, 0.2) is 5.58 Å². The Kier molecular flexibility index (Phi) is 4.86. The van der Waals surface area contributed by atoms with Crippen LogP contribution in [0.15, 0.2) is 51.8 Å². The van der Waals surface area contributed by atoms with Gasteiger partial charge < -0.3 is 14.6 Å². The van der Waals surface area contributed by atoms with Crippen molar-refractivity contribution in [2.24, 2.45) is 0 Å². The molecule has 8 heteroatoms. The molecule has 1 fully saturated rings.